The Balaban J connectivity index is 1.23. The fourth-order valence-electron chi connectivity index (χ4n) is 5.67. The SMILES string of the molecule is COC(=O)c1c(NC(=O)C(Sc2cccc(NC(=O)c3cccc(OC)c3)c2)c2ccccc2)sc2c1CCN(Cc1ccccc1)C2. The van der Waals surface area contributed by atoms with Gasteiger partial charge in [0.05, 0.1) is 19.8 Å². The molecule has 0 radical (unpaired) electrons. The quantitative estimate of drug-likeness (QED) is 0.109. The lowest BCUT2D eigenvalue weighted by Gasteiger charge is -2.27. The molecule has 1 aliphatic heterocycles. The van der Waals surface area contributed by atoms with E-state index in [1.807, 2.05) is 66.7 Å². The van der Waals surface area contributed by atoms with Crippen molar-refractivity contribution in [3.63, 3.8) is 0 Å². The molecule has 48 heavy (non-hydrogen) atoms. The van der Waals surface area contributed by atoms with Crippen molar-refractivity contribution in [2.75, 3.05) is 31.4 Å². The van der Waals surface area contributed by atoms with Gasteiger partial charge in [0.1, 0.15) is 16.0 Å². The van der Waals surface area contributed by atoms with E-state index >= 15 is 0 Å². The summed E-state index contributed by atoms with van der Waals surface area (Å²) in [5.74, 6) is -0.396. The molecule has 0 aliphatic carbocycles. The zero-order chi connectivity index (χ0) is 33.5. The molecule has 1 aromatic heterocycles. The van der Waals surface area contributed by atoms with Gasteiger partial charge in [-0.3, -0.25) is 14.5 Å². The third-order valence-corrected chi connectivity index (χ3v) is 10.4. The van der Waals surface area contributed by atoms with Crippen LogP contribution in [0.3, 0.4) is 0 Å². The number of nitrogens with zero attached hydrogens (tertiary/aromatic N) is 1. The molecule has 2 heterocycles. The molecule has 2 N–H and O–H groups in total. The molecule has 8 nitrogen and oxygen atoms in total. The van der Waals surface area contributed by atoms with Gasteiger partial charge in [-0.05, 0) is 59.5 Å². The molecular formula is C38H35N3O5S2. The van der Waals surface area contributed by atoms with Gasteiger partial charge in [0, 0.05) is 40.7 Å². The second-order valence-corrected chi connectivity index (χ2v) is 13.5. The fourth-order valence-corrected chi connectivity index (χ4v) is 8.03. The second kappa shape index (κ2) is 15.3. The van der Waals surface area contributed by atoms with Gasteiger partial charge in [-0.15, -0.1) is 23.1 Å². The Morgan fingerprint density at radius 1 is 0.875 bits per heavy atom. The summed E-state index contributed by atoms with van der Waals surface area (Å²) in [6.45, 7) is 2.28. The number of hydrogen-bond donors (Lipinski definition) is 2. The van der Waals surface area contributed by atoms with Gasteiger partial charge in [-0.25, -0.2) is 4.79 Å². The van der Waals surface area contributed by atoms with Gasteiger partial charge in [0.2, 0.25) is 5.91 Å². The molecular weight excluding hydrogens is 643 g/mol. The van der Waals surface area contributed by atoms with E-state index in [1.54, 1.807) is 37.4 Å². The summed E-state index contributed by atoms with van der Waals surface area (Å²) >= 11 is 2.80. The minimum absolute atomic E-state index is 0.262. The van der Waals surface area contributed by atoms with Crippen LogP contribution in [0.25, 0.3) is 0 Å². The lowest BCUT2D eigenvalue weighted by atomic mass is 10.0. The predicted octanol–water partition coefficient (Wildman–Crippen LogP) is 7.83. The first-order valence-corrected chi connectivity index (χ1v) is 17.2. The fraction of sp³-hybridized carbons (Fsp3) is 0.184. The minimum Gasteiger partial charge on any atom is -0.497 e. The van der Waals surface area contributed by atoms with Crippen molar-refractivity contribution in [1.29, 1.82) is 0 Å². The third kappa shape index (κ3) is 7.79. The van der Waals surface area contributed by atoms with E-state index in [0.29, 0.717) is 40.5 Å². The molecule has 0 fully saturated rings. The molecule has 244 valence electrons. The molecule has 1 atom stereocenters. The molecule has 0 saturated heterocycles. The number of nitrogens with one attached hydrogen (secondary N) is 2. The predicted molar refractivity (Wildman–Crippen MR) is 191 cm³/mol. The van der Waals surface area contributed by atoms with Crippen molar-refractivity contribution in [1.82, 2.24) is 4.90 Å². The van der Waals surface area contributed by atoms with Gasteiger partial charge in [0.25, 0.3) is 5.91 Å². The molecule has 1 aliphatic rings. The number of methoxy groups -OCH3 is 2. The van der Waals surface area contributed by atoms with Crippen LogP contribution in [0.5, 0.6) is 5.75 Å². The summed E-state index contributed by atoms with van der Waals surface area (Å²) in [6.07, 6.45) is 0.685. The number of thiophene rings is 1. The maximum Gasteiger partial charge on any atom is 0.341 e. The van der Waals surface area contributed by atoms with Crippen LogP contribution in [0.4, 0.5) is 10.7 Å². The average Bonchev–Trinajstić information content (AvgIpc) is 3.48. The van der Waals surface area contributed by atoms with Gasteiger partial charge in [-0.1, -0.05) is 72.8 Å². The summed E-state index contributed by atoms with van der Waals surface area (Å²) in [5.41, 5.74) is 4.47. The number of thioether (sulfide) groups is 1. The Kier molecular flexibility index (Phi) is 10.5. The maximum absolute atomic E-state index is 14.1. The number of carbonyl (C=O) groups is 3. The first-order valence-electron chi connectivity index (χ1n) is 15.5. The number of fused-ring (bicyclic) bond motifs is 1. The topological polar surface area (TPSA) is 97.0 Å². The van der Waals surface area contributed by atoms with Crippen LogP contribution in [-0.2, 0) is 29.0 Å². The molecule has 1 unspecified atom stereocenters. The summed E-state index contributed by atoms with van der Waals surface area (Å²) in [6, 6.07) is 34.2. The minimum atomic E-state index is -0.644. The van der Waals surface area contributed by atoms with Gasteiger partial charge in [-0.2, -0.15) is 0 Å². The molecule has 0 spiro atoms. The van der Waals surface area contributed by atoms with E-state index in [2.05, 4.69) is 27.7 Å². The van der Waals surface area contributed by atoms with Crippen LogP contribution < -0.4 is 15.4 Å². The highest BCUT2D eigenvalue weighted by Gasteiger charge is 2.31. The lowest BCUT2D eigenvalue weighted by molar-refractivity contribution is -0.115. The van der Waals surface area contributed by atoms with Crippen molar-refractivity contribution in [3.8, 4) is 5.75 Å². The maximum atomic E-state index is 14.1. The molecule has 4 aromatic carbocycles. The van der Waals surface area contributed by atoms with Crippen LogP contribution in [0.1, 0.15) is 47.5 Å². The van der Waals surface area contributed by atoms with Gasteiger partial charge >= 0.3 is 5.97 Å². The average molecular weight is 678 g/mol. The van der Waals surface area contributed by atoms with Crippen molar-refractivity contribution >= 4 is 51.6 Å². The second-order valence-electron chi connectivity index (χ2n) is 11.3. The van der Waals surface area contributed by atoms with Crippen molar-refractivity contribution in [2.45, 2.75) is 29.7 Å². The Hall–Kier alpha value is -4.90. The van der Waals surface area contributed by atoms with E-state index < -0.39 is 11.2 Å². The largest absolute Gasteiger partial charge is 0.497 e. The summed E-state index contributed by atoms with van der Waals surface area (Å²) in [5, 5.41) is 5.90. The van der Waals surface area contributed by atoms with E-state index in [0.717, 1.165) is 34.0 Å². The monoisotopic (exact) mass is 677 g/mol. The number of anilines is 2. The number of benzene rings is 4. The number of carbonyl (C=O) groups excluding carboxylic acids is 3. The third-order valence-electron chi connectivity index (χ3n) is 8.03. The van der Waals surface area contributed by atoms with Crippen LogP contribution >= 0.6 is 23.1 Å². The summed E-state index contributed by atoms with van der Waals surface area (Å²) < 4.78 is 10.4. The Morgan fingerprint density at radius 2 is 1.62 bits per heavy atom. The molecule has 0 saturated carbocycles. The van der Waals surface area contributed by atoms with E-state index in [-0.39, 0.29) is 11.8 Å². The van der Waals surface area contributed by atoms with Gasteiger partial charge in [0.15, 0.2) is 0 Å². The van der Waals surface area contributed by atoms with Crippen molar-refractivity contribution in [3.05, 3.63) is 142 Å². The Bertz CT molecular complexity index is 1910. The lowest BCUT2D eigenvalue weighted by Crippen LogP contribution is -2.29. The number of amides is 2. The summed E-state index contributed by atoms with van der Waals surface area (Å²) in [4.78, 5) is 44.4. The van der Waals surface area contributed by atoms with E-state index in [4.69, 9.17) is 9.47 Å². The van der Waals surface area contributed by atoms with Crippen LogP contribution in [0.15, 0.2) is 114 Å². The van der Waals surface area contributed by atoms with Crippen molar-refractivity contribution in [2.24, 2.45) is 0 Å². The van der Waals surface area contributed by atoms with Crippen LogP contribution in [-0.4, -0.2) is 43.4 Å². The standard InChI is InChI=1S/C38H35N3O5S2/c1-45-29-17-9-15-27(21-29)35(42)39-28-16-10-18-30(22-28)47-34(26-13-7-4-8-14-26)36(43)40-37-33(38(44)46-2)31-19-20-41(24-32(31)48-37)23-25-11-5-3-6-12-25/h3-18,21-22,34H,19-20,23-24H2,1-2H3,(H,39,42)(H,40,43). The highest BCUT2D eigenvalue weighted by molar-refractivity contribution is 8.00. The number of hydrogen-bond acceptors (Lipinski definition) is 8. The Labute approximate surface area is 288 Å². The van der Waals surface area contributed by atoms with Crippen LogP contribution in [0.2, 0.25) is 0 Å². The number of ether oxygens (including phenoxy) is 2. The zero-order valence-corrected chi connectivity index (χ0v) is 28.2. The zero-order valence-electron chi connectivity index (χ0n) is 26.6. The molecule has 2 amide bonds. The highest BCUT2D eigenvalue weighted by Crippen LogP contribution is 2.41. The number of rotatable bonds is 11. The highest BCUT2D eigenvalue weighted by atomic mass is 32.2. The van der Waals surface area contributed by atoms with E-state index in [9.17, 15) is 14.4 Å². The molecule has 5 aromatic rings. The summed E-state index contributed by atoms with van der Waals surface area (Å²) in [7, 11) is 2.92. The van der Waals surface area contributed by atoms with Crippen molar-refractivity contribution < 1.29 is 23.9 Å². The smallest absolute Gasteiger partial charge is 0.341 e. The first kappa shape index (κ1) is 33.0. The molecule has 6 rings (SSSR count). The molecule has 10 heteroatoms. The van der Waals surface area contributed by atoms with Crippen LogP contribution in [0, 0.1) is 0 Å². The Morgan fingerprint density at radius 3 is 2.38 bits per heavy atom. The first-order chi connectivity index (χ1) is 23.4. The molecule has 0 bridgehead atoms. The van der Waals surface area contributed by atoms with Gasteiger partial charge < -0.3 is 20.1 Å². The number of esters is 1. The normalized spacial score (nSPS) is 13.2. The van der Waals surface area contributed by atoms with E-state index in [1.165, 1.54) is 35.8 Å².